The minimum atomic E-state index is -0.491. The van der Waals surface area contributed by atoms with Crippen LogP contribution in [0.25, 0.3) is 0 Å². The highest BCUT2D eigenvalue weighted by Gasteiger charge is 2.08. The molecule has 0 spiro atoms. The maximum atomic E-state index is 12.8. The zero-order valence-corrected chi connectivity index (χ0v) is 8.25. The van der Waals surface area contributed by atoms with Gasteiger partial charge in [0.1, 0.15) is 11.5 Å². The molecule has 0 bridgehead atoms. The van der Waals surface area contributed by atoms with Gasteiger partial charge in [-0.1, -0.05) is 11.6 Å². The summed E-state index contributed by atoms with van der Waals surface area (Å²) in [6.07, 6.45) is 0. The van der Waals surface area contributed by atoms with Gasteiger partial charge in [0.25, 0.3) is 0 Å². The summed E-state index contributed by atoms with van der Waals surface area (Å²) in [5.41, 5.74) is 0.238. The van der Waals surface area contributed by atoms with Crippen LogP contribution in [0.15, 0.2) is 17.1 Å². The van der Waals surface area contributed by atoms with Gasteiger partial charge in [0.15, 0.2) is 5.75 Å². The molecule has 0 unspecified atom stereocenters. The van der Waals surface area contributed by atoms with Crippen LogP contribution in [-0.2, 0) is 0 Å². The predicted octanol–water partition coefficient (Wildman–Crippen LogP) is 3.22. The summed E-state index contributed by atoms with van der Waals surface area (Å²) in [7, 11) is 1.42. The number of thiocarbonyl (C=S) groups is 1. The van der Waals surface area contributed by atoms with Crippen molar-refractivity contribution in [3.63, 3.8) is 0 Å². The van der Waals surface area contributed by atoms with Crippen LogP contribution in [0.5, 0.6) is 5.75 Å². The lowest BCUT2D eigenvalue weighted by Crippen LogP contribution is -1.86. The lowest BCUT2D eigenvalue weighted by molar-refractivity contribution is 0.415. The van der Waals surface area contributed by atoms with E-state index in [1.54, 1.807) is 0 Å². The Hall–Kier alpha value is -0.960. The minimum Gasteiger partial charge on any atom is -0.493 e. The fraction of sp³-hybridized carbons (Fsp3) is 0.125. The Morgan fingerprint density at radius 3 is 2.85 bits per heavy atom. The summed E-state index contributed by atoms with van der Waals surface area (Å²) in [4.78, 5) is 3.61. The third-order valence-corrected chi connectivity index (χ3v) is 1.73. The highest BCUT2D eigenvalue weighted by atomic mass is 35.5. The summed E-state index contributed by atoms with van der Waals surface area (Å²) < 4.78 is 17.7. The molecule has 0 saturated heterocycles. The molecule has 0 aliphatic heterocycles. The summed E-state index contributed by atoms with van der Waals surface area (Å²) in [5, 5.41) is 2.27. The van der Waals surface area contributed by atoms with Gasteiger partial charge in [0.05, 0.1) is 17.3 Å². The van der Waals surface area contributed by atoms with Gasteiger partial charge >= 0.3 is 0 Å². The molecule has 0 atom stereocenters. The zero-order valence-electron chi connectivity index (χ0n) is 6.67. The van der Waals surface area contributed by atoms with Gasteiger partial charge in [-0.25, -0.2) is 4.39 Å². The number of isothiocyanates is 1. The lowest BCUT2D eigenvalue weighted by Gasteiger charge is -2.04. The molecule has 1 aromatic rings. The van der Waals surface area contributed by atoms with Crippen LogP contribution in [0, 0.1) is 5.82 Å². The normalized spacial score (nSPS) is 9.15. The van der Waals surface area contributed by atoms with Crippen molar-refractivity contribution in [2.24, 2.45) is 4.99 Å². The lowest BCUT2D eigenvalue weighted by atomic mass is 10.3. The second kappa shape index (κ2) is 4.33. The van der Waals surface area contributed by atoms with Crippen molar-refractivity contribution < 1.29 is 9.13 Å². The number of methoxy groups -OCH3 is 1. The zero-order chi connectivity index (χ0) is 9.84. The smallest absolute Gasteiger partial charge is 0.164 e. The van der Waals surface area contributed by atoms with E-state index in [1.165, 1.54) is 13.2 Å². The highest BCUT2D eigenvalue weighted by molar-refractivity contribution is 7.78. The summed E-state index contributed by atoms with van der Waals surface area (Å²) >= 11 is 10.1. The van der Waals surface area contributed by atoms with Gasteiger partial charge in [0.2, 0.25) is 0 Å². The molecular formula is C8H5ClFNOS. The van der Waals surface area contributed by atoms with Crippen LogP contribution < -0.4 is 4.74 Å². The van der Waals surface area contributed by atoms with Crippen molar-refractivity contribution in [2.45, 2.75) is 0 Å². The topological polar surface area (TPSA) is 21.6 Å². The van der Waals surface area contributed by atoms with Gasteiger partial charge in [-0.05, 0) is 18.3 Å². The van der Waals surface area contributed by atoms with E-state index >= 15 is 0 Å². The number of benzene rings is 1. The molecule has 1 rings (SSSR count). The third-order valence-electron chi connectivity index (χ3n) is 1.36. The third kappa shape index (κ3) is 2.25. The molecule has 0 fully saturated rings. The SMILES string of the molecule is COc1c(Cl)cc(F)cc1N=C=S. The first-order chi connectivity index (χ1) is 6.19. The molecule has 0 radical (unpaired) electrons. The fourth-order valence-corrected chi connectivity index (χ4v) is 1.26. The number of halogens is 2. The van der Waals surface area contributed by atoms with E-state index in [-0.39, 0.29) is 10.7 Å². The fourth-order valence-electron chi connectivity index (χ4n) is 0.881. The Morgan fingerprint density at radius 2 is 2.31 bits per heavy atom. The molecule has 5 heteroatoms. The Morgan fingerprint density at radius 1 is 1.62 bits per heavy atom. The minimum absolute atomic E-state index is 0.159. The number of nitrogens with zero attached hydrogens (tertiary/aromatic N) is 1. The molecule has 0 N–H and O–H groups in total. The van der Waals surface area contributed by atoms with Crippen LogP contribution in [0.4, 0.5) is 10.1 Å². The van der Waals surface area contributed by atoms with Crippen LogP contribution in [-0.4, -0.2) is 12.3 Å². The van der Waals surface area contributed by atoms with Crippen molar-refractivity contribution in [3.8, 4) is 5.75 Å². The maximum Gasteiger partial charge on any atom is 0.164 e. The van der Waals surface area contributed by atoms with Gasteiger partial charge in [-0.15, -0.1) is 0 Å². The number of hydrogen-bond donors (Lipinski definition) is 0. The molecule has 2 nitrogen and oxygen atoms in total. The Kier molecular flexibility index (Phi) is 3.37. The van der Waals surface area contributed by atoms with Crippen LogP contribution in [0.1, 0.15) is 0 Å². The molecular weight excluding hydrogens is 213 g/mol. The van der Waals surface area contributed by atoms with Crippen molar-refractivity contribution in [3.05, 3.63) is 23.0 Å². The number of aliphatic imine (C=N–C) groups is 1. The Balaban J connectivity index is 3.37. The van der Waals surface area contributed by atoms with Crippen molar-refractivity contribution >= 4 is 34.7 Å². The molecule has 1 aromatic carbocycles. The van der Waals surface area contributed by atoms with Crippen LogP contribution in [0.3, 0.4) is 0 Å². The monoisotopic (exact) mass is 217 g/mol. The molecule has 0 heterocycles. The van der Waals surface area contributed by atoms with Crippen molar-refractivity contribution in [2.75, 3.05) is 7.11 Å². The van der Waals surface area contributed by atoms with Gasteiger partial charge in [0, 0.05) is 6.07 Å². The quantitative estimate of drug-likeness (QED) is 0.560. The highest BCUT2D eigenvalue weighted by Crippen LogP contribution is 2.35. The van der Waals surface area contributed by atoms with E-state index in [9.17, 15) is 4.39 Å². The predicted molar refractivity (Wildman–Crippen MR) is 52.6 cm³/mol. The van der Waals surface area contributed by atoms with Crippen molar-refractivity contribution in [1.29, 1.82) is 0 Å². The molecule has 13 heavy (non-hydrogen) atoms. The molecule has 0 saturated carbocycles. The van der Waals surface area contributed by atoms with Gasteiger partial charge in [-0.2, -0.15) is 4.99 Å². The van der Waals surface area contributed by atoms with E-state index in [0.717, 1.165) is 6.07 Å². The second-order valence-electron chi connectivity index (χ2n) is 2.14. The Bertz CT molecular complexity index is 377. The first-order valence-electron chi connectivity index (χ1n) is 3.30. The number of ether oxygens (including phenoxy) is 1. The second-order valence-corrected chi connectivity index (χ2v) is 2.73. The first kappa shape index (κ1) is 10.1. The molecule has 68 valence electrons. The summed E-state index contributed by atoms with van der Waals surface area (Å²) in [5.74, 6) is -0.199. The molecule has 0 aliphatic carbocycles. The summed E-state index contributed by atoms with van der Waals surface area (Å²) in [6.45, 7) is 0. The van der Waals surface area contributed by atoms with Crippen LogP contribution >= 0.6 is 23.8 Å². The standard InChI is InChI=1S/C8H5ClFNOS/c1-12-8-6(9)2-5(10)3-7(8)11-4-13/h2-3H,1H3. The van der Waals surface area contributed by atoms with Gasteiger partial charge in [-0.3, -0.25) is 0 Å². The Labute approximate surface area is 85.0 Å². The van der Waals surface area contributed by atoms with Crippen LogP contribution in [0.2, 0.25) is 5.02 Å². The first-order valence-corrected chi connectivity index (χ1v) is 4.08. The van der Waals surface area contributed by atoms with Crippen molar-refractivity contribution in [1.82, 2.24) is 0 Å². The van der Waals surface area contributed by atoms with E-state index in [1.807, 2.05) is 0 Å². The molecule has 0 amide bonds. The summed E-state index contributed by atoms with van der Waals surface area (Å²) in [6, 6.07) is 2.31. The molecule has 0 aliphatic rings. The van der Waals surface area contributed by atoms with E-state index in [2.05, 4.69) is 22.4 Å². The number of hydrogen-bond acceptors (Lipinski definition) is 3. The molecule has 0 aromatic heterocycles. The van der Waals surface area contributed by atoms with E-state index < -0.39 is 5.82 Å². The number of rotatable bonds is 2. The van der Waals surface area contributed by atoms with Gasteiger partial charge < -0.3 is 4.74 Å². The average Bonchev–Trinajstić information content (AvgIpc) is 2.04. The maximum absolute atomic E-state index is 12.8. The average molecular weight is 218 g/mol. The van der Waals surface area contributed by atoms with E-state index in [4.69, 9.17) is 16.3 Å². The largest absolute Gasteiger partial charge is 0.493 e. The van der Waals surface area contributed by atoms with E-state index in [0.29, 0.717) is 5.75 Å².